The highest BCUT2D eigenvalue weighted by atomic mass is 32.2. The van der Waals surface area contributed by atoms with Crippen LogP contribution in [0.2, 0.25) is 0 Å². The summed E-state index contributed by atoms with van der Waals surface area (Å²) in [7, 11) is 0. The lowest BCUT2D eigenvalue weighted by atomic mass is 10.3. The third-order valence-corrected chi connectivity index (χ3v) is 5.70. The number of para-hydroxylation sites is 2. The summed E-state index contributed by atoms with van der Waals surface area (Å²) >= 11 is 3.34. The lowest BCUT2D eigenvalue weighted by Gasteiger charge is -2.26. The number of rotatable bonds is 5. The van der Waals surface area contributed by atoms with Gasteiger partial charge in [0.25, 0.3) is 0 Å². The minimum Gasteiger partial charge on any atom is -0.486 e. The first-order valence-electron chi connectivity index (χ1n) is 7.83. The number of ether oxygens (including phenoxy) is 2. The largest absolute Gasteiger partial charge is 0.486 e. The van der Waals surface area contributed by atoms with Crippen LogP contribution in [0.4, 0.5) is 0 Å². The van der Waals surface area contributed by atoms with E-state index in [2.05, 4.69) is 33.1 Å². The van der Waals surface area contributed by atoms with Crippen molar-refractivity contribution in [1.29, 1.82) is 0 Å². The summed E-state index contributed by atoms with van der Waals surface area (Å²) in [6.45, 7) is 3.51. The first-order valence-corrected chi connectivity index (χ1v) is 9.70. The molecule has 0 amide bonds. The zero-order chi connectivity index (χ0) is 16.4. The third kappa shape index (κ3) is 3.01. The minimum absolute atomic E-state index is 0.0112. The number of thiophene rings is 1. The van der Waals surface area contributed by atoms with Gasteiger partial charge in [0.15, 0.2) is 22.5 Å². The molecular weight excluding hydrogens is 342 g/mol. The van der Waals surface area contributed by atoms with E-state index < -0.39 is 0 Å². The second kappa shape index (κ2) is 6.86. The molecule has 1 atom stereocenters. The lowest BCUT2D eigenvalue weighted by Crippen LogP contribution is -2.31. The Morgan fingerprint density at radius 1 is 1.21 bits per heavy atom. The summed E-state index contributed by atoms with van der Waals surface area (Å²) < 4.78 is 13.9. The smallest absolute Gasteiger partial charge is 0.191 e. The summed E-state index contributed by atoms with van der Waals surface area (Å²) in [6.07, 6.45) is 0.0112. The van der Waals surface area contributed by atoms with Gasteiger partial charge in [-0.3, -0.25) is 0 Å². The summed E-state index contributed by atoms with van der Waals surface area (Å²) in [5.74, 6) is 3.33. The number of aromatic nitrogens is 3. The molecule has 0 saturated heterocycles. The molecule has 24 heavy (non-hydrogen) atoms. The van der Waals surface area contributed by atoms with Crippen molar-refractivity contribution < 1.29 is 9.47 Å². The molecule has 7 heteroatoms. The molecule has 4 rings (SSSR count). The Hall–Kier alpha value is -1.99. The average Bonchev–Trinajstić information content (AvgIpc) is 3.28. The fourth-order valence-electron chi connectivity index (χ4n) is 2.58. The summed E-state index contributed by atoms with van der Waals surface area (Å²) in [6, 6.07) is 11.9. The number of hydrogen-bond acceptors (Lipinski definition) is 6. The monoisotopic (exact) mass is 359 g/mol. The van der Waals surface area contributed by atoms with Gasteiger partial charge in [-0.2, -0.15) is 0 Å². The maximum Gasteiger partial charge on any atom is 0.191 e. The molecular formula is C17H17N3O2S2. The van der Waals surface area contributed by atoms with Crippen molar-refractivity contribution in [1.82, 2.24) is 14.8 Å². The van der Waals surface area contributed by atoms with Crippen molar-refractivity contribution >= 4 is 23.1 Å². The molecule has 2 aromatic heterocycles. The SMILES string of the molecule is CCn1c(SC[C@@H]2COc3ccccc3O2)nnc1-c1cccs1. The van der Waals surface area contributed by atoms with Crippen LogP contribution in [-0.4, -0.2) is 33.2 Å². The van der Waals surface area contributed by atoms with E-state index in [4.69, 9.17) is 9.47 Å². The van der Waals surface area contributed by atoms with E-state index in [1.807, 2.05) is 30.3 Å². The van der Waals surface area contributed by atoms with E-state index in [-0.39, 0.29) is 6.10 Å². The van der Waals surface area contributed by atoms with Gasteiger partial charge in [-0.05, 0) is 30.5 Å². The summed E-state index contributed by atoms with van der Waals surface area (Å²) in [5.41, 5.74) is 0. The van der Waals surface area contributed by atoms with Gasteiger partial charge >= 0.3 is 0 Å². The molecule has 0 unspecified atom stereocenters. The maximum atomic E-state index is 6.00. The van der Waals surface area contributed by atoms with Crippen molar-refractivity contribution in [3.05, 3.63) is 41.8 Å². The Bertz CT molecular complexity index is 817. The first kappa shape index (κ1) is 15.5. The van der Waals surface area contributed by atoms with E-state index in [0.717, 1.165) is 39.7 Å². The average molecular weight is 359 g/mol. The van der Waals surface area contributed by atoms with Gasteiger partial charge in [0.2, 0.25) is 0 Å². The third-order valence-electron chi connectivity index (χ3n) is 3.74. The predicted octanol–water partition coefficient (Wildman–Crippen LogP) is 3.96. The molecule has 5 nitrogen and oxygen atoms in total. The first-order chi connectivity index (χ1) is 11.8. The van der Waals surface area contributed by atoms with Crippen LogP contribution in [0.25, 0.3) is 10.7 Å². The maximum absolute atomic E-state index is 6.00. The second-order valence-electron chi connectivity index (χ2n) is 5.34. The van der Waals surface area contributed by atoms with Crippen LogP contribution in [-0.2, 0) is 6.54 Å². The Morgan fingerprint density at radius 3 is 2.88 bits per heavy atom. The molecule has 0 radical (unpaired) electrons. The van der Waals surface area contributed by atoms with E-state index in [9.17, 15) is 0 Å². The van der Waals surface area contributed by atoms with Crippen molar-refractivity contribution in [2.75, 3.05) is 12.4 Å². The molecule has 0 N–H and O–H groups in total. The molecule has 124 valence electrons. The van der Waals surface area contributed by atoms with Gasteiger partial charge in [0, 0.05) is 12.3 Å². The van der Waals surface area contributed by atoms with Gasteiger partial charge in [-0.25, -0.2) is 0 Å². The number of nitrogens with zero attached hydrogens (tertiary/aromatic N) is 3. The van der Waals surface area contributed by atoms with Crippen LogP contribution in [0.15, 0.2) is 46.9 Å². The van der Waals surface area contributed by atoms with Crippen molar-refractivity contribution in [3.63, 3.8) is 0 Å². The van der Waals surface area contributed by atoms with E-state index >= 15 is 0 Å². The molecule has 3 aromatic rings. The van der Waals surface area contributed by atoms with Crippen molar-refractivity contribution in [3.8, 4) is 22.2 Å². The van der Waals surface area contributed by atoms with Crippen LogP contribution in [0.1, 0.15) is 6.92 Å². The topological polar surface area (TPSA) is 49.2 Å². The number of benzene rings is 1. The van der Waals surface area contributed by atoms with Crippen LogP contribution < -0.4 is 9.47 Å². The highest BCUT2D eigenvalue weighted by Crippen LogP contribution is 2.33. The molecule has 0 spiro atoms. The number of thioether (sulfide) groups is 1. The van der Waals surface area contributed by atoms with Crippen molar-refractivity contribution in [2.24, 2.45) is 0 Å². The summed E-state index contributed by atoms with van der Waals surface area (Å²) in [4.78, 5) is 1.14. The molecule has 0 fully saturated rings. The number of hydrogen-bond donors (Lipinski definition) is 0. The van der Waals surface area contributed by atoms with Gasteiger partial charge < -0.3 is 14.0 Å². The van der Waals surface area contributed by atoms with Gasteiger partial charge in [0.05, 0.1) is 4.88 Å². The number of fused-ring (bicyclic) bond motifs is 1. The standard InChI is InChI=1S/C17H17N3O2S2/c1-2-20-16(15-8-5-9-23-15)18-19-17(20)24-11-12-10-21-13-6-3-4-7-14(13)22-12/h3-9,12H,2,10-11H2,1H3/t12-/m0/s1. The molecule has 3 heterocycles. The van der Waals surface area contributed by atoms with Crippen LogP contribution >= 0.6 is 23.1 Å². The summed E-state index contributed by atoms with van der Waals surface area (Å²) in [5, 5.41) is 11.7. The predicted molar refractivity (Wildman–Crippen MR) is 96.1 cm³/mol. The van der Waals surface area contributed by atoms with Crippen LogP contribution in [0.3, 0.4) is 0 Å². The highest BCUT2D eigenvalue weighted by Gasteiger charge is 2.22. The van der Waals surface area contributed by atoms with Gasteiger partial charge in [0.1, 0.15) is 12.7 Å². The Morgan fingerprint density at radius 2 is 2.08 bits per heavy atom. The normalized spacial score (nSPS) is 16.3. The molecule has 0 saturated carbocycles. The zero-order valence-electron chi connectivity index (χ0n) is 13.2. The zero-order valence-corrected chi connectivity index (χ0v) is 14.8. The molecule has 0 aliphatic carbocycles. The molecule has 1 aromatic carbocycles. The Kier molecular flexibility index (Phi) is 4.44. The lowest BCUT2D eigenvalue weighted by molar-refractivity contribution is 0.107. The highest BCUT2D eigenvalue weighted by molar-refractivity contribution is 7.99. The van der Waals surface area contributed by atoms with Crippen LogP contribution in [0, 0.1) is 0 Å². The van der Waals surface area contributed by atoms with E-state index in [1.165, 1.54) is 0 Å². The Labute approximate surface area is 148 Å². The van der Waals surface area contributed by atoms with Gasteiger partial charge in [-0.1, -0.05) is 30.0 Å². The second-order valence-corrected chi connectivity index (χ2v) is 7.27. The fraction of sp³-hybridized carbons (Fsp3) is 0.294. The molecule has 0 bridgehead atoms. The van der Waals surface area contributed by atoms with Crippen LogP contribution in [0.5, 0.6) is 11.5 Å². The van der Waals surface area contributed by atoms with Gasteiger partial charge in [-0.15, -0.1) is 21.5 Å². The quantitative estimate of drug-likeness (QED) is 0.646. The van der Waals surface area contributed by atoms with E-state index in [0.29, 0.717) is 6.61 Å². The van der Waals surface area contributed by atoms with Crippen molar-refractivity contribution in [2.45, 2.75) is 24.7 Å². The molecule has 1 aliphatic rings. The minimum atomic E-state index is 0.0112. The Balaban J connectivity index is 1.45. The fourth-order valence-corrected chi connectivity index (χ4v) is 4.27. The van der Waals surface area contributed by atoms with E-state index in [1.54, 1.807) is 23.1 Å². The molecule has 1 aliphatic heterocycles.